The van der Waals surface area contributed by atoms with Crippen LogP contribution < -0.4 is 0 Å². The Kier molecular flexibility index (Phi) is 5.62. The van der Waals surface area contributed by atoms with Crippen LogP contribution in [0.5, 0.6) is 0 Å². The van der Waals surface area contributed by atoms with Gasteiger partial charge in [0, 0.05) is 13.2 Å². The molecular weight excluding hydrogens is 186 g/mol. The zero-order chi connectivity index (χ0) is 11.1. The molecule has 15 heavy (non-hydrogen) atoms. The smallest absolute Gasteiger partial charge is 0.0598 e. The van der Waals surface area contributed by atoms with Gasteiger partial charge in [-0.1, -0.05) is 12.8 Å². The monoisotopic (exact) mass is 213 g/mol. The zero-order valence-electron chi connectivity index (χ0n) is 10.7. The van der Waals surface area contributed by atoms with E-state index in [2.05, 4.69) is 25.7 Å². The first-order valence-electron chi connectivity index (χ1n) is 6.44. The van der Waals surface area contributed by atoms with Gasteiger partial charge in [0.1, 0.15) is 0 Å². The van der Waals surface area contributed by atoms with E-state index in [9.17, 15) is 0 Å². The maximum atomic E-state index is 5.72. The summed E-state index contributed by atoms with van der Waals surface area (Å²) in [6.45, 7) is 11.1. The molecule has 0 radical (unpaired) electrons. The Morgan fingerprint density at radius 3 is 2.13 bits per heavy atom. The molecule has 0 aromatic rings. The van der Waals surface area contributed by atoms with Gasteiger partial charge in [-0.05, 0) is 53.1 Å². The van der Waals surface area contributed by atoms with Gasteiger partial charge in [-0.2, -0.15) is 0 Å². The van der Waals surface area contributed by atoms with Crippen LogP contribution in [0.1, 0.15) is 52.9 Å². The molecule has 2 heteroatoms. The molecule has 0 atom stereocenters. The van der Waals surface area contributed by atoms with Crippen molar-refractivity contribution in [2.45, 2.75) is 58.5 Å². The highest BCUT2D eigenvalue weighted by Crippen LogP contribution is 2.11. The Hall–Kier alpha value is -0.0800. The molecule has 1 aliphatic rings. The molecule has 1 rings (SSSR count). The quantitative estimate of drug-likeness (QED) is 0.665. The Bertz CT molecular complexity index is 154. The molecule has 0 aromatic carbocycles. The van der Waals surface area contributed by atoms with Crippen LogP contribution in [0.2, 0.25) is 0 Å². The minimum absolute atomic E-state index is 0.0266. The molecule has 1 heterocycles. The van der Waals surface area contributed by atoms with Crippen molar-refractivity contribution in [3.05, 3.63) is 0 Å². The van der Waals surface area contributed by atoms with Crippen molar-refractivity contribution in [1.29, 1.82) is 0 Å². The molecular formula is C13H27NO. The first-order valence-corrected chi connectivity index (χ1v) is 6.44. The largest absolute Gasteiger partial charge is 0.376 e. The predicted octanol–water partition coefficient (Wildman–Crippen LogP) is 3.07. The fourth-order valence-corrected chi connectivity index (χ4v) is 2.03. The molecule has 0 spiro atoms. The number of hydrogen-bond donors (Lipinski definition) is 0. The van der Waals surface area contributed by atoms with E-state index in [1.54, 1.807) is 0 Å². The van der Waals surface area contributed by atoms with Gasteiger partial charge in [0.05, 0.1) is 5.60 Å². The molecule has 2 nitrogen and oxygen atoms in total. The molecule has 0 amide bonds. The van der Waals surface area contributed by atoms with E-state index >= 15 is 0 Å². The van der Waals surface area contributed by atoms with E-state index < -0.39 is 0 Å². The Labute approximate surface area is 95.0 Å². The van der Waals surface area contributed by atoms with Gasteiger partial charge in [0.2, 0.25) is 0 Å². The molecule has 0 unspecified atom stereocenters. The third-order valence-corrected chi connectivity index (χ3v) is 2.85. The normalized spacial score (nSPS) is 20.2. The number of nitrogens with zero attached hydrogens (tertiary/aromatic N) is 1. The third kappa shape index (κ3) is 6.91. The summed E-state index contributed by atoms with van der Waals surface area (Å²) in [5, 5.41) is 0. The highest BCUT2D eigenvalue weighted by atomic mass is 16.5. The predicted molar refractivity (Wildman–Crippen MR) is 65.2 cm³/mol. The van der Waals surface area contributed by atoms with Crippen molar-refractivity contribution in [2.75, 3.05) is 26.2 Å². The van der Waals surface area contributed by atoms with Crippen LogP contribution in [0.15, 0.2) is 0 Å². The topological polar surface area (TPSA) is 12.5 Å². The summed E-state index contributed by atoms with van der Waals surface area (Å²) in [7, 11) is 0. The Morgan fingerprint density at radius 2 is 1.60 bits per heavy atom. The molecule has 1 fully saturated rings. The first-order chi connectivity index (χ1) is 7.08. The van der Waals surface area contributed by atoms with E-state index in [1.165, 1.54) is 51.7 Å². The van der Waals surface area contributed by atoms with Crippen molar-refractivity contribution in [3.8, 4) is 0 Å². The molecule has 1 aliphatic heterocycles. The molecule has 0 saturated carbocycles. The lowest BCUT2D eigenvalue weighted by Crippen LogP contribution is -2.28. The summed E-state index contributed by atoms with van der Waals surface area (Å²) >= 11 is 0. The van der Waals surface area contributed by atoms with Crippen molar-refractivity contribution < 1.29 is 4.74 Å². The highest BCUT2D eigenvalue weighted by Gasteiger charge is 2.11. The van der Waals surface area contributed by atoms with Crippen molar-refractivity contribution >= 4 is 0 Å². The van der Waals surface area contributed by atoms with Crippen LogP contribution in [0, 0.1) is 0 Å². The zero-order valence-corrected chi connectivity index (χ0v) is 10.7. The maximum Gasteiger partial charge on any atom is 0.0598 e. The summed E-state index contributed by atoms with van der Waals surface area (Å²) in [6, 6.07) is 0. The fraction of sp³-hybridized carbons (Fsp3) is 1.00. The molecule has 0 N–H and O–H groups in total. The minimum Gasteiger partial charge on any atom is -0.376 e. The van der Waals surface area contributed by atoms with Gasteiger partial charge >= 0.3 is 0 Å². The van der Waals surface area contributed by atoms with Crippen LogP contribution in [0.4, 0.5) is 0 Å². The second-order valence-electron chi connectivity index (χ2n) is 5.57. The van der Waals surface area contributed by atoms with E-state index in [0.29, 0.717) is 0 Å². The molecule has 90 valence electrons. The van der Waals surface area contributed by atoms with Crippen LogP contribution >= 0.6 is 0 Å². The Balaban J connectivity index is 2.03. The second kappa shape index (κ2) is 6.49. The van der Waals surface area contributed by atoms with Crippen LogP contribution in [0.3, 0.4) is 0 Å². The van der Waals surface area contributed by atoms with Gasteiger partial charge in [-0.15, -0.1) is 0 Å². The maximum absolute atomic E-state index is 5.72. The van der Waals surface area contributed by atoms with E-state index in [-0.39, 0.29) is 5.60 Å². The first kappa shape index (κ1) is 13.0. The van der Waals surface area contributed by atoms with Crippen LogP contribution in [0.25, 0.3) is 0 Å². The van der Waals surface area contributed by atoms with Gasteiger partial charge in [0.15, 0.2) is 0 Å². The van der Waals surface area contributed by atoms with E-state index in [4.69, 9.17) is 4.74 Å². The Morgan fingerprint density at radius 1 is 1.00 bits per heavy atom. The molecule has 0 aliphatic carbocycles. The van der Waals surface area contributed by atoms with Gasteiger partial charge in [-0.3, -0.25) is 0 Å². The SMILES string of the molecule is CC(C)(C)OCCCN1CCCCCC1. The summed E-state index contributed by atoms with van der Waals surface area (Å²) in [6.07, 6.45) is 6.81. The van der Waals surface area contributed by atoms with Crippen molar-refractivity contribution in [3.63, 3.8) is 0 Å². The second-order valence-corrected chi connectivity index (χ2v) is 5.57. The van der Waals surface area contributed by atoms with Gasteiger partial charge in [0.25, 0.3) is 0 Å². The average Bonchev–Trinajstić information content (AvgIpc) is 2.39. The summed E-state index contributed by atoms with van der Waals surface area (Å²) in [5.74, 6) is 0. The van der Waals surface area contributed by atoms with Crippen LogP contribution in [-0.2, 0) is 4.74 Å². The fourth-order valence-electron chi connectivity index (χ4n) is 2.03. The lowest BCUT2D eigenvalue weighted by Gasteiger charge is -2.22. The summed E-state index contributed by atoms with van der Waals surface area (Å²) in [4.78, 5) is 2.60. The van der Waals surface area contributed by atoms with Gasteiger partial charge in [-0.25, -0.2) is 0 Å². The lowest BCUT2D eigenvalue weighted by atomic mass is 10.2. The minimum atomic E-state index is 0.0266. The number of ether oxygens (including phenoxy) is 1. The van der Waals surface area contributed by atoms with E-state index in [1.807, 2.05) is 0 Å². The van der Waals surface area contributed by atoms with Crippen LogP contribution in [-0.4, -0.2) is 36.7 Å². The lowest BCUT2D eigenvalue weighted by molar-refractivity contribution is -0.00682. The number of rotatable bonds is 4. The standard InChI is InChI=1S/C13H27NO/c1-13(2,3)15-12-8-11-14-9-6-4-5-7-10-14/h4-12H2,1-3H3. The highest BCUT2D eigenvalue weighted by molar-refractivity contribution is 4.64. The molecule has 1 saturated heterocycles. The van der Waals surface area contributed by atoms with Crippen molar-refractivity contribution in [1.82, 2.24) is 4.90 Å². The number of hydrogen-bond acceptors (Lipinski definition) is 2. The third-order valence-electron chi connectivity index (χ3n) is 2.85. The molecule has 0 bridgehead atoms. The number of likely N-dealkylation sites (tertiary alicyclic amines) is 1. The molecule has 0 aromatic heterocycles. The summed E-state index contributed by atoms with van der Waals surface area (Å²) < 4.78 is 5.72. The average molecular weight is 213 g/mol. The van der Waals surface area contributed by atoms with Crippen molar-refractivity contribution in [2.24, 2.45) is 0 Å². The van der Waals surface area contributed by atoms with Gasteiger partial charge < -0.3 is 9.64 Å². The van der Waals surface area contributed by atoms with E-state index in [0.717, 1.165) is 6.61 Å². The summed E-state index contributed by atoms with van der Waals surface area (Å²) in [5.41, 5.74) is 0.0266.